The minimum Gasteiger partial charge on any atom is -0.308 e. The van der Waals surface area contributed by atoms with E-state index < -0.39 is 34.6 Å². The third-order valence-electron chi connectivity index (χ3n) is 2.53. The van der Waals surface area contributed by atoms with Gasteiger partial charge in [0.25, 0.3) is 0 Å². The molecular formula is C14H16F5N. The van der Waals surface area contributed by atoms with Crippen molar-refractivity contribution in [3.05, 3.63) is 40.2 Å². The lowest BCUT2D eigenvalue weighted by molar-refractivity contribution is 0.376. The van der Waals surface area contributed by atoms with Crippen molar-refractivity contribution in [1.82, 2.24) is 5.32 Å². The van der Waals surface area contributed by atoms with Crippen molar-refractivity contribution < 1.29 is 22.0 Å². The maximum atomic E-state index is 13.5. The van der Waals surface area contributed by atoms with E-state index in [0.717, 1.165) is 6.08 Å². The van der Waals surface area contributed by atoms with Crippen LogP contribution in [-0.2, 0) is 0 Å². The standard InChI is InChI=1S/C14H16F5N/c1-7(6-20-14(2,3)4)5-8-9(15)11(17)13(19)12(18)10(8)16/h5,20H,6H2,1-4H3. The van der Waals surface area contributed by atoms with E-state index in [2.05, 4.69) is 5.32 Å². The third-order valence-corrected chi connectivity index (χ3v) is 2.53. The monoisotopic (exact) mass is 293 g/mol. The maximum Gasteiger partial charge on any atom is 0.200 e. The van der Waals surface area contributed by atoms with Gasteiger partial charge in [0.2, 0.25) is 5.82 Å². The van der Waals surface area contributed by atoms with Gasteiger partial charge in [-0.25, -0.2) is 22.0 Å². The molecule has 6 heteroatoms. The molecule has 1 aromatic carbocycles. The molecule has 0 radical (unpaired) electrons. The molecule has 1 nitrogen and oxygen atoms in total. The molecule has 0 aliphatic heterocycles. The summed E-state index contributed by atoms with van der Waals surface area (Å²) in [6, 6.07) is 0. The Hall–Kier alpha value is -1.43. The van der Waals surface area contributed by atoms with Crippen LogP contribution in [0.25, 0.3) is 6.08 Å². The second kappa shape index (κ2) is 5.91. The molecule has 1 rings (SSSR count). The van der Waals surface area contributed by atoms with Gasteiger partial charge in [-0.3, -0.25) is 0 Å². The quantitative estimate of drug-likeness (QED) is 0.501. The van der Waals surface area contributed by atoms with E-state index in [0.29, 0.717) is 5.57 Å². The van der Waals surface area contributed by atoms with Crippen LogP contribution in [0.1, 0.15) is 33.3 Å². The second-order valence-corrected chi connectivity index (χ2v) is 5.58. The van der Waals surface area contributed by atoms with Gasteiger partial charge < -0.3 is 5.32 Å². The smallest absolute Gasteiger partial charge is 0.200 e. The van der Waals surface area contributed by atoms with Crippen molar-refractivity contribution in [2.24, 2.45) is 0 Å². The SMILES string of the molecule is CC(=Cc1c(F)c(F)c(F)c(F)c1F)CNC(C)(C)C. The van der Waals surface area contributed by atoms with E-state index in [4.69, 9.17) is 0 Å². The Labute approximate surface area is 114 Å². The summed E-state index contributed by atoms with van der Waals surface area (Å²) in [6.07, 6.45) is 0.953. The van der Waals surface area contributed by atoms with Gasteiger partial charge in [0.1, 0.15) is 0 Å². The first kappa shape index (κ1) is 16.6. The number of halogens is 5. The first-order valence-corrected chi connectivity index (χ1v) is 5.98. The van der Waals surface area contributed by atoms with E-state index in [1.807, 2.05) is 20.8 Å². The van der Waals surface area contributed by atoms with Crippen molar-refractivity contribution >= 4 is 6.08 Å². The minimum absolute atomic E-state index is 0.231. The summed E-state index contributed by atoms with van der Waals surface area (Å²) in [6.45, 7) is 7.47. The van der Waals surface area contributed by atoms with Crippen LogP contribution in [-0.4, -0.2) is 12.1 Å². The predicted molar refractivity (Wildman–Crippen MR) is 67.6 cm³/mol. The largest absolute Gasteiger partial charge is 0.308 e. The van der Waals surface area contributed by atoms with Crippen molar-refractivity contribution in [2.75, 3.05) is 6.54 Å². The van der Waals surface area contributed by atoms with Gasteiger partial charge in [-0.1, -0.05) is 5.57 Å². The summed E-state index contributed by atoms with van der Waals surface area (Å²) >= 11 is 0. The van der Waals surface area contributed by atoms with E-state index >= 15 is 0 Å². The Bertz CT molecular complexity index is 514. The summed E-state index contributed by atoms with van der Waals surface area (Å²) < 4.78 is 65.8. The lowest BCUT2D eigenvalue weighted by Gasteiger charge is -2.20. The molecule has 1 aromatic rings. The van der Waals surface area contributed by atoms with E-state index in [1.165, 1.54) is 6.92 Å². The van der Waals surface area contributed by atoms with Gasteiger partial charge in [0.05, 0.1) is 5.56 Å². The van der Waals surface area contributed by atoms with Crippen molar-refractivity contribution in [1.29, 1.82) is 0 Å². The zero-order valence-electron chi connectivity index (χ0n) is 11.7. The lowest BCUT2D eigenvalue weighted by atomic mass is 10.1. The summed E-state index contributed by atoms with van der Waals surface area (Å²) in [4.78, 5) is 0. The second-order valence-electron chi connectivity index (χ2n) is 5.58. The zero-order chi connectivity index (χ0) is 15.7. The van der Waals surface area contributed by atoms with Gasteiger partial charge in [0, 0.05) is 12.1 Å². The van der Waals surface area contributed by atoms with Crippen LogP contribution in [0.3, 0.4) is 0 Å². The van der Waals surface area contributed by atoms with Crippen LogP contribution in [0.5, 0.6) is 0 Å². The highest BCUT2D eigenvalue weighted by Crippen LogP contribution is 2.24. The molecule has 0 bridgehead atoms. The average Bonchev–Trinajstić information content (AvgIpc) is 2.36. The Morgan fingerprint density at radius 2 is 1.30 bits per heavy atom. The van der Waals surface area contributed by atoms with Gasteiger partial charge in [-0.2, -0.15) is 0 Å². The van der Waals surface area contributed by atoms with Crippen molar-refractivity contribution in [3.8, 4) is 0 Å². The molecule has 0 unspecified atom stereocenters. The van der Waals surface area contributed by atoms with Gasteiger partial charge in [-0.15, -0.1) is 0 Å². The average molecular weight is 293 g/mol. The third kappa shape index (κ3) is 3.79. The number of hydrogen-bond acceptors (Lipinski definition) is 1. The number of rotatable bonds is 3. The molecule has 0 saturated heterocycles. The zero-order valence-corrected chi connectivity index (χ0v) is 11.7. The van der Waals surface area contributed by atoms with Gasteiger partial charge >= 0.3 is 0 Å². The highest BCUT2D eigenvalue weighted by atomic mass is 19.2. The summed E-state index contributed by atoms with van der Waals surface area (Å²) in [7, 11) is 0. The first-order chi connectivity index (χ1) is 9.04. The molecule has 0 aliphatic carbocycles. The van der Waals surface area contributed by atoms with Gasteiger partial charge in [0.15, 0.2) is 23.3 Å². The fourth-order valence-corrected chi connectivity index (χ4v) is 1.45. The molecule has 0 amide bonds. The molecule has 112 valence electrons. The highest BCUT2D eigenvalue weighted by molar-refractivity contribution is 5.54. The summed E-state index contributed by atoms with van der Waals surface area (Å²) in [5, 5.41) is 3.05. The Balaban J connectivity index is 3.15. The van der Waals surface area contributed by atoms with E-state index in [1.54, 1.807) is 0 Å². The summed E-state index contributed by atoms with van der Waals surface area (Å²) in [5.41, 5.74) is -0.705. The molecule has 0 fully saturated rings. The van der Waals surface area contributed by atoms with Crippen LogP contribution in [0.4, 0.5) is 22.0 Å². The first-order valence-electron chi connectivity index (χ1n) is 5.98. The minimum atomic E-state index is -2.15. The van der Waals surface area contributed by atoms with Crippen molar-refractivity contribution in [2.45, 2.75) is 33.2 Å². The van der Waals surface area contributed by atoms with Gasteiger partial charge in [-0.05, 0) is 33.8 Å². The predicted octanol–water partition coefficient (Wildman–Crippen LogP) is 4.17. The van der Waals surface area contributed by atoms with E-state index in [9.17, 15) is 22.0 Å². The van der Waals surface area contributed by atoms with Crippen LogP contribution in [0, 0.1) is 29.1 Å². The topological polar surface area (TPSA) is 12.0 Å². The molecule has 0 saturated carbocycles. The number of nitrogens with one attached hydrogen (secondary N) is 1. The van der Waals surface area contributed by atoms with E-state index in [-0.39, 0.29) is 12.1 Å². The fourth-order valence-electron chi connectivity index (χ4n) is 1.45. The summed E-state index contributed by atoms with van der Waals surface area (Å²) in [5.74, 6) is -9.67. The van der Waals surface area contributed by atoms with Crippen LogP contribution < -0.4 is 5.32 Å². The normalized spacial score (nSPS) is 12.9. The molecule has 1 N–H and O–H groups in total. The molecule has 0 aromatic heterocycles. The molecule has 0 aliphatic rings. The van der Waals surface area contributed by atoms with Crippen molar-refractivity contribution in [3.63, 3.8) is 0 Å². The molecule has 0 heterocycles. The molecule has 0 spiro atoms. The Morgan fingerprint density at radius 3 is 1.70 bits per heavy atom. The molecule has 20 heavy (non-hydrogen) atoms. The number of benzene rings is 1. The number of hydrogen-bond donors (Lipinski definition) is 1. The van der Waals surface area contributed by atoms with Crippen LogP contribution in [0.15, 0.2) is 5.57 Å². The van der Waals surface area contributed by atoms with Crippen LogP contribution >= 0.6 is 0 Å². The van der Waals surface area contributed by atoms with Crippen LogP contribution in [0.2, 0.25) is 0 Å². The Kier molecular flexibility index (Phi) is 4.91. The maximum absolute atomic E-state index is 13.5. The fraction of sp³-hybridized carbons (Fsp3) is 0.429. The molecular weight excluding hydrogens is 277 g/mol. The Morgan fingerprint density at radius 1 is 0.900 bits per heavy atom. The highest BCUT2D eigenvalue weighted by Gasteiger charge is 2.24. The lowest BCUT2D eigenvalue weighted by Crippen LogP contribution is -2.36. The molecule has 0 atom stereocenters.